The number of unbranched alkanes of at least 4 members (excludes halogenated alkanes) is 26. The minimum atomic E-state index is -5.12. The fourth-order valence-electron chi connectivity index (χ4n) is 7.69. The predicted octanol–water partition coefficient (Wildman–Crippen LogP) is 10.4. The number of rotatable bonds is 42. The molecular formula is C49H91O13P. The number of carbonyl (C=O) groups is 2. The maximum atomic E-state index is 12.8. The maximum absolute atomic E-state index is 12.8. The van der Waals surface area contributed by atoms with Gasteiger partial charge < -0.3 is 39.9 Å². The third-order valence-electron chi connectivity index (χ3n) is 11.8. The molecule has 1 saturated carbocycles. The molecule has 0 heterocycles. The molecule has 0 aromatic rings. The normalized spacial score (nSPS) is 21.8. The minimum absolute atomic E-state index is 0.0952. The molecule has 0 bridgehead atoms. The van der Waals surface area contributed by atoms with E-state index >= 15 is 0 Å². The highest BCUT2D eigenvalue weighted by Gasteiger charge is 2.51. The van der Waals surface area contributed by atoms with Gasteiger partial charge in [-0.25, -0.2) is 4.57 Å². The molecule has 0 spiro atoms. The fourth-order valence-corrected chi connectivity index (χ4v) is 8.66. The van der Waals surface area contributed by atoms with Gasteiger partial charge in [0.05, 0.1) is 6.61 Å². The van der Waals surface area contributed by atoms with E-state index in [-0.39, 0.29) is 12.8 Å². The lowest BCUT2D eigenvalue weighted by Crippen LogP contribution is -2.64. The van der Waals surface area contributed by atoms with Gasteiger partial charge in [-0.2, -0.15) is 0 Å². The smallest absolute Gasteiger partial charge is 0.462 e. The number of hydrogen-bond donors (Lipinski definition) is 6. The number of aliphatic hydroxyl groups is 5. The number of ether oxygens (including phenoxy) is 2. The molecule has 0 aromatic carbocycles. The number of phosphoric ester groups is 1. The summed E-state index contributed by atoms with van der Waals surface area (Å²) in [6, 6.07) is 0. The highest BCUT2D eigenvalue weighted by atomic mass is 31.2. The first-order chi connectivity index (χ1) is 30.4. The van der Waals surface area contributed by atoms with Crippen LogP contribution in [0.15, 0.2) is 24.3 Å². The lowest BCUT2D eigenvalue weighted by molar-refractivity contribution is -0.220. The van der Waals surface area contributed by atoms with Gasteiger partial charge in [-0.3, -0.25) is 18.6 Å². The summed E-state index contributed by atoms with van der Waals surface area (Å²) in [5.41, 5.74) is 0. The summed E-state index contributed by atoms with van der Waals surface area (Å²) in [5, 5.41) is 50.2. The molecule has 0 radical (unpaired) electrons. The number of esters is 2. The van der Waals surface area contributed by atoms with Crippen LogP contribution in [0.5, 0.6) is 0 Å². The van der Waals surface area contributed by atoms with Crippen molar-refractivity contribution in [1.82, 2.24) is 0 Å². The Hall–Kier alpha value is -1.67. The number of hydrogen-bond acceptors (Lipinski definition) is 12. The van der Waals surface area contributed by atoms with Crippen molar-refractivity contribution >= 4 is 19.8 Å². The van der Waals surface area contributed by atoms with E-state index in [1.54, 1.807) is 0 Å². The Bertz CT molecular complexity index is 1200. The highest BCUT2D eigenvalue weighted by Crippen LogP contribution is 2.47. The summed E-state index contributed by atoms with van der Waals surface area (Å²) in [6.45, 7) is 3.29. The highest BCUT2D eigenvalue weighted by molar-refractivity contribution is 7.47. The molecule has 6 unspecified atom stereocenters. The van der Waals surface area contributed by atoms with Crippen LogP contribution in [0.3, 0.4) is 0 Å². The van der Waals surface area contributed by atoms with E-state index in [0.717, 1.165) is 51.4 Å². The Labute approximate surface area is 381 Å². The summed E-state index contributed by atoms with van der Waals surface area (Å²) in [5.74, 6) is -1.11. The fraction of sp³-hybridized carbons (Fsp3) is 0.878. The predicted molar refractivity (Wildman–Crippen MR) is 249 cm³/mol. The zero-order chi connectivity index (χ0) is 46.4. The topological polar surface area (TPSA) is 210 Å². The van der Waals surface area contributed by atoms with Gasteiger partial charge in [-0.1, -0.05) is 167 Å². The second-order valence-corrected chi connectivity index (χ2v) is 19.1. The molecule has 13 nitrogen and oxygen atoms in total. The second-order valence-electron chi connectivity index (χ2n) is 17.7. The van der Waals surface area contributed by atoms with Crippen LogP contribution < -0.4 is 0 Å². The van der Waals surface area contributed by atoms with E-state index < -0.39 is 75.7 Å². The molecule has 1 aliphatic carbocycles. The van der Waals surface area contributed by atoms with Crippen molar-refractivity contribution in [3.05, 3.63) is 24.3 Å². The SMILES string of the molecule is CCCCCCCC/C=C/CCCCCCCCCCCCCC(=O)O[C@H](COC(=O)CCCCC/C=C/CCCCCCCC)COP(=O)(O)OC1C(O)C(O)C(O)[C@@H](O)C1O. The monoisotopic (exact) mass is 919 g/mol. The average molecular weight is 919 g/mol. The molecule has 14 heteroatoms. The van der Waals surface area contributed by atoms with Crippen LogP contribution in [0.2, 0.25) is 0 Å². The van der Waals surface area contributed by atoms with Crippen LogP contribution in [-0.2, 0) is 32.7 Å². The Kier molecular flexibility index (Phi) is 37.2. The van der Waals surface area contributed by atoms with E-state index in [9.17, 15) is 44.6 Å². The molecular weight excluding hydrogens is 828 g/mol. The van der Waals surface area contributed by atoms with Crippen molar-refractivity contribution in [3.8, 4) is 0 Å². The molecule has 1 rings (SSSR count). The van der Waals surface area contributed by atoms with Crippen LogP contribution in [0.25, 0.3) is 0 Å². The van der Waals surface area contributed by atoms with Gasteiger partial charge in [0.1, 0.15) is 43.2 Å². The molecule has 8 atom stereocenters. The van der Waals surface area contributed by atoms with Crippen LogP contribution in [0, 0.1) is 0 Å². The average Bonchev–Trinajstić information content (AvgIpc) is 3.26. The van der Waals surface area contributed by atoms with Gasteiger partial charge in [-0.05, 0) is 64.2 Å². The van der Waals surface area contributed by atoms with Gasteiger partial charge in [0.2, 0.25) is 0 Å². The standard InChI is InChI=1S/C49H91O13P/c1-3-5-7-9-11-13-15-17-18-19-20-21-22-23-24-26-28-30-32-34-36-38-43(51)61-41(40-60-63(57,58)62-49-47(55)45(53)44(52)46(54)48(49)56)39-59-42(50)37-35-33-31-29-27-25-16-14-12-10-8-6-4-2/h17-18,25,27,41,44-49,52-56H,3-16,19-24,26,28-40H2,1-2H3,(H,57,58)/b18-17+,27-25+/t41-,44?,45-,46?,47?,48?,49?/m1/s1. The summed E-state index contributed by atoms with van der Waals surface area (Å²) in [7, 11) is -5.12. The number of allylic oxidation sites excluding steroid dienone is 4. The summed E-state index contributed by atoms with van der Waals surface area (Å²) >= 11 is 0. The van der Waals surface area contributed by atoms with E-state index in [1.807, 2.05) is 0 Å². The van der Waals surface area contributed by atoms with Crippen molar-refractivity contribution in [2.24, 2.45) is 0 Å². The molecule has 0 amide bonds. The van der Waals surface area contributed by atoms with Crippen LogP contribution in [0.4, 0.5) is 0 Å². The van der Waals surface area contributed by atoms with Crippen molar-refractivity contribution in [1.29, 1.82) is 0 Å². The van der Waals surface area contributed by atoms with Gasteiger partial charge in [0.15, 0.2) is 6.10 Å². The first-order valence-electron chi connectivity index (χ1n) is 25.1. The third-order valence-corrected chi connectivity index (χ3v) is 12.8. The van der Waals surface area contributed by atoms with E-state index in [0.29, 0.717) is 12.8 Å². The Morgan fingerprint density at radius 1 is 0.476 bits per heavy atom. The lowest BCUT2D eigenvalue weighted by Gasteiger charge is -2.41. The molecule has 370 valence electrons. The summed E-state index contributed by atoms with van der Waals surface area (Å²) in [6.07, 6.45) is 30.9. The first kappa shape index (κ1) is 59.3. The molecule has 0 aliphatic heterocycles. The van der Waals surface area contributed by atoms with E-state index in [1.165, 1.54) is 128 Å². The molecule has 0 aromatic heterocycles. The zero-order valence-electron chi connectivity index (χ0n) is 39.4. The maximum Gasteiger partial charge on any atom is 0.472 e. The van der Waals surface area contributed by atoms with Crippen LogP contribution in [-0.4, -0.2) is 98.3 Å². The lowest BCUT2D eigenvalue weighted by atomic mass is 9.85. The Balaban J connectivity index is 2.39. The largest absolute Gasteiger partial charge is 0.472 e. The molecule has 63 heavy (non-hydrogen) atoms. The van der Waals surface area contributed by atoms with Gasteiger partial charge >= 0.3 is 19.8 Å². The molecule has 6 N–H and O–H groups in total. The van der Waals surface area contributed by atoms with E-state index in [2.05, 4.69) is 38.2 Å². The third kappa shape index (κ3) is 31.8. The molecule has 1 fully saturated rings. The van der Waals surface area contributed by atoms with E-state index in [4.69, 9.17) is 18.5 Å². The number of phosphoric acid groups is 1. The van der Waals surface area contributed by atoms with Gasteiger partial charge in [0.25, 0.3) is 0 Å². The van der Waals surface area contributed by atoms with Gasteiger partial charge in [-0.15, -0.1) is 0 Å². The number of aliphatic hydroxyl groups excluding tert-OH is 5. The van der Waals surface area contributed by atoms with Crippen LogP contribution >= 0.6 is 7.82 Å². The van der Waals surface area contributed by atoms with Gasteiger partial charge in [0, 0.05) is 12.8 Å². The zero-order valence-corrected chi connectivity index (χ0v) is 40.3. The Morgan fingerprint density at radius 3 is 1.22 bits per heavy atom. The second kappa shape index (κ2) is 39.5. The van der Waals surface area contributed by atoms with Crippen molar-refractivity contribution < 1.29 is 63.1 Å². The van der Waals surface area contributed by atoms with Crippen molar-refractivity contribution in [2.45, 2.75) is 262 Å². The molecule has 0 saturated heterocycles. The quantitative estimate of drug-likeness (QED) is 0.0146. The summed E-state index contributed by atoms with van der Waals surface area (Å²) < 4.78 is 33.6. The van der Waals surface area contributed by atoms with Crippen molar-refractivity contribution in [2.75, 3.05) is 13.2 Å². The van der Waals surface area contributed by atoms with Crippen LogP contribution in [0.1, 0.15) is 219 Å². The summed E-state index contributed by atoms with van der Waals surface area (Å²) in [4.78, 5) is 35.7. The Morgan fingerprint density at radius 2 is 0.810 bits per heavy atom. The number of carbonyl (C=O) groups excluding carboxylic acids is 2. The molecule has 1 aliphatic rings. The first-order valence-corrected chi connectivity index (χ1v) is 26.6. The minimum Gasteiger partial charge on any atom is -0.462 e. The van der Waals surface area contributed by atoms with Crippen molar-refractivity contribution in [3.63, 3.8) is 0 Å².